The van der Waals surface area contributed by atoms with E-state index < -0.39 is 23.5 Å². The van der Waals surface area contributed by atoms with Crippen LogP contribution < -0.4 is 0 Å². The number of nitrogens with zero attached hydrogens (tertiary/aromatic N) is 3. The smallest absolute Gasteiger partial charge is 0.248 e. The van der Waals surface area contributed by atoms with Crippen molar-refractivity contribution < 1.29 is 24.2 Å². The first kappa shape index (κ1) is 25.4. The normalized spacial score (nSPS) is 29.8. The average molecular weight is 462 g/mol. The SMILES string of the molecule is C=CCN(C)C(=O)[C@@H]1[C@@H]2CCC3(O2)C(C(=O)N(CC=C)CCCCC)N(CCCO)C(=O)[C@H]13. The van der Waals surface area contributed by atoms with Crippen molar-refractivity contribution in [1.82, 2.24) is 14.7 Å². The molecule has 0 aromatic carbocycles. The minimum Gasteiger partial charge on any atom is -0.396 e. The number of hydrogen-bond acceptors (Lipinski definition) is 5. The monoisotopic (exact) mass is 461 g/mol. The van der Waals surface area contributed by atoms with Gasteiger partial charge in [-0.05, 0) is 25.7 Å². The summed E-state index contributed by atoms with van der Waals surface area (Å²) in [7, 11) is 1.70. The molecule has 8 nitrogen and oxygen atoms in total. The number of amides is 3. The van der Waals surface area contributed by atoms with Crippen molar-refractivity contribution in [2.75, 3.05) is 39.8 Å². The Bertz CT molecular complexity index is 771. The Kier molecular flexibility index (Phi) is 8.34. The largest absolute Gasteiger partial charge is 0.396 e. The van der Waals surface area contributed by atoms with Gasteiger partial charge in [0.05, 0.1) is 17.9 Å². The third-order valence-corrected chi connectivity index (χ3v) is 7.35. The molecule has 2 unspecified atom stereocenters. The highest BCUT2D eigenvalue weighted by Crippen LogP contribution is 2.58. The van der Waals surface area contributed by atoms with Gasteiger partial charge in [0.15, 0.2) is 0 Å². The molecule has 1 N–H and O–H groups in total. The second kappa shape index (κ2) is 10.8. The van der Waals surface area contributed by atoms with Crippen LogP contribution in [-0.2, 0) is 19.1 Å². The number of ether oxygens (including phenoxy) is 1. The summed E-state index contributed by atoms with van der Waals surface area (Å²) in [6, 6.07) is -0.782. The third-order valence-electron chi connectivity index (χ3n) is 7.35. The Balaban J connectivity index is 1.96. The van der Waals surface area contributed by atoms with Crippen molar-refractivity contribution in [3.8, 4) is 0 Å². The van der Waals surface area contributed by atoms with E-state index in [1.54, 1.807) is 33.9 Å². The van der Waals surface area contributed by atoms with Gasteiger partial charge < -0.3 is 24.5 Å². The van der Waals surface area contributed by atoms with Gasteiger partial charge in [0.2, 0.25) is 17.7 Å². The van der Waals surface area contributed by atoms with Gasteiger partial charge in [-0.15, -0.1) is 13.2 Å². The summed E-state index contributed by atoms with van der Waals surface area (Å²) >= 11 is 0. The summed E-state index contributed by atoms with van der Waals surface area (Å²) in [4.78, 5) is 45.8. The first-order valence-electron chi connectivity index (χ1n) is 12.2. The van der Waals surface area contributed by atoms with Gasteiger partial charge in [-0.1, -0.05) is 31.9 Å². The highest BCUT2D eigenvalue weighted by molar-refractivity contribution is 5.99. The second-order valence-corrected chi connectivity index (χ2v) is 9.45. The number of carbonyl (C=O) groups excluding carboxylic acids is 3. The van der Waals surface area contributed by atoms with Crippen molar-refractivity contribution in [3.63, 3.8) is 0 Å². The van der Waals surface area contributed by atoms with Crippen LogP contribution in [-0.4, -0.2) is 95.1 Å². The summed E-state index contributed by atoms with van der Waals surface area (Å²) in [5.74, 6) is -1.76. The molecule has 3 aliphatic rings. The number of hydrogen-bond donors (Lipinski definition) is 1. The molecule has 0 aromatic heterocycles. The van der Waals surface area contributed by atoms with Crippen LogP contribution in [0.4, 0.5) is 0 Å². The number of rotatable bonds is 13. The number of carbonyl (C=O) groups is 3. The van der Waals surface area contributed by atoms with Crippen LogP contribution in [0, 0.1) is 11.8 Å². The van der Waals surface area contributed by atoms with E-state index in [4.69, 9.17) is 4.74 Å². The van der Waals surface area contributed by atoms with Crippen LogP contribution >= 0.6 is 0 Å². The zero-order chi connectivity index (χ0) is 24.2. The standard InChI is InChI=1S/C25H39N3O5/c1-5-8-9-15-27(14-7-3)24(32)21-25-12-11-18(33-25)19(22(30)26(4)13-6-2)20(25)23(31)28(21)16-10-17-29/h6-7,18-21,29H,2-3,5,8-17H2,1,4H3/t18-,19+,20-,21?,25?/m0/s1. The molecule has 2 bridgehead atoms. The van der Waals surface area contributed by atoms with Gasteiger partial charge in [-0.25, -0.2) is 0 Å². The molecular formula is C25H39N3O5. The molecule has 0 radical (unpaired) electrons. The van der Waals surface area contributed by atoms with Gasteiger partial charge in [0.1, 0.15) is 11.6 Å². The van der Waals surface area contributed by atoms with Crippen LogP contribution in [0.1, 0.15) is 45.4 Å². The van der Waals surface area contributed by atoms with Crippen LogP contribution in [0.5, 0.6) is 0 Å². The predicted molar refractivity (Wildman–Crippen MR) is 125 cm³/mol. The van der Waals surface area contributed by atoms with Crippen molar-refractivity contribution in [3.05, 3.63) is 25.3 Å². The number of aliphatic hydroxyl groups is 1. The van der Waals surface area contributed by atoms with Crippen molar-refractivity contribution >= 4 is 17.7 Å². The molecule has 184 valence electrons. The van der Waals surface area contributed by atoms with E-state index >= 15 is 0 Å². The van der Waals surface area contributed by atoms with E-state index in [0.29, 0.717) is 38.9 Å². The molecule has 0 saturated carbocycles. The summed E-state index contributed by atoms with van der Waals surface area (Å²) in [6.45, 7) is 11.2. The second-order valence-electron chi connectivity index (χ2n) is 9.45. The Morgan fingerprint density at radius 1 is 1.21 bits per heavy atom. The van der Waals surface area contributed by atoms with Crippen molar-refractivity contribution in [1.29, 1.82) is 0 Å². The first-order valence-corrected chi connectivity index (χ1v) is 12.2. The predicted octanol–water partition coefficient (Wildman–Crippen LogP) is 1.59. The third kappa shape index (κ3) is 4.47. The lowest BCUT2D eigenvalue weighted by Gasteiger charge is -2.37. The fourth-order valence-electron chi connectivity index (χ4n) is 5.91. The molecule has 5 atom stereocenters. The van der Waals surface area contributed by atoms with Gasteiger partial charge in [-0.3, -0.25) is 14.4 Å². The highest BCUT2D eigenvalue weighted by Gasteiger charge is 2.74. The molecule has 0 aliphatic carbocycles. The number of fused-ring (bicyclic) bond motifs is 1. The number of aliphatic hydroxyl groups excluding tert-OH is 1. The summed E-state index contributed by atoms with van der Waals surface area (Å²) in [5, 5.41) is 9.43. The van der Waals surface area contributed by atoms with Crippen LogP contribution in [0.25, 0.3) is 0 Å². The van der Waals surface area contributed by atoms with E-state index in [0.717, 1.165) is 19.3 Å². The van der Waals surface area contributed by atoms with E-state index in [1.807, 2.05) is 0 Å². The topological polar surface area (TPSA) is 90.4 Å². The molecule has 3 heterocycles. The zero-order valence-electron chi connectivity index (χ0n) is 20.1. The molecule has 33 heavy (non-hydrogen) atoms. The summed E-state index contributed by atoms with van der Waals surface area (Å²) in [6.07, 6.45) is 7.52. The minimum absolute atomic E-state index is 0.0802. The Labute approximate surface area is 197 Å². The quantitative estimate of drug-likeness (QED) is 0.332. The lowest BCUT2D eigenvalue weighted by atomic mass is 9.70. The molecule has 3 saturated heterocycles. The molecule has 3 rings (SSSR count). The fourth-order valence-corrected chi connectivity index (χ4v) is 5.91. The average Bonchev–Trinajstić information content (AvgIpc) is 3.44. The van der Waals surface area contributed by atoms with E-state index in [9.17, 15) is 19.5 Å². The Morgan fingerprint density at radius 2 is 1.94 bits per heavy atom. The lowest BCUT2D eigenvalue weighted by molar-refractivity contribution is -0.148. The number of likely N-dealkylation sites (N-methyl/N-ethyl adjacent to an activating group) is 1. The minimum atomic E-state index is -0.992. The molecule has 0 aromatic rings. The maximum Gasteiger partial charge on any atom is 0.248 e. The van der Waals surface area contributed by atoms with Crippen LogP contribution in [0.3, 0.4) is 0 Å². The first-order chi connectivity index (χ1) is 15.9. The number of likely N-dealkylation sites (tertiary alicyclic amines) is 1. The van der Waals surface area contributed by atoms with E-state index in [2.05, 4.69) is 20.1 Å². The molecule has 3 aliphatic heterocycles. The van der Waals surface area contributed by atoms with Crippen LogP contribution in [0.15, 0.2) is 25.3 Å². The van der Waals surface area contributed by atoms with Crippen LogP contribution in [0.2, 0.25) is 0 Å². The Morgan fingerprint density at radius 3 is 2.58 bits per heavy atom. The fraction of sp³-hybridized carbons (Fsp3) is 0.720. The van der Waals surface area contributed by atoms with Crippen molar-refractivity contribution in [2.45, 2.75) is 63.2 Å². The zero-order valence-corrected chi connectivity index (χ0v) is 20.1. The summed E-state index contributed by atoms with van der Waals surface area (Å²) < 4.78 is 6.44. The molecule has 1 spiro atoms. The summed E-state index contributed by atoms with van der Waals surface area (Å²) in [5.41, 5.74) is -0.992. The number of unbranched alkanes of at least 4 members (excludes halogenated alkanes) is 2. The Hall–Kier alpha value is -2.19. The molecular weight excluding hydrogens is 422 g/mol. The molecule has 8 heteroatoms. The van der Waals surface area contributed by atoms with Gasteiger partial charge in [0, 0.05) is 39.8 Å². The highest BCUT2D eigenvalue weighted by atomic mass is 16.5. The maximum absolute atomic E-state index is 13.9. The molecule has 3 fully saturated rings. The van der Waals surface area contributed by atoms with E-state index in [1.165, 1.54) is 0 Å². The lowest BCUT2D eigenvalue weighted by Crippen LogP contribution is -2.56. The van der Waals surface area contributed by atoms with Crippen molar-refractivity contribution in [2.24, 2.45) is 11.8 Å². The molecule has 3 amide bonds. The maximum atomic E-state index is 13.9. The van der Waals surface area contributed by atoms with Gasteiger partial charge >= 0.3 is 0 Å². The van der Waals surface area contributed by atoms with Gasteiger partial charge in [0.25, 0.3) is 0 Å². The van der Waals surface area contributed by atoms with E-state index in [-0.39, 0.29) is 37.0 Å². The van der Waals surface area contributed by atoms with Gasteiger partial charge in [-0.2, -0.15) is 0 Å².